The number of H-pyrrole nitrogens is 1. The topological polar surface area (TPSA) is 74.8 Å². The molecule has 0 spiro atoms. The molecule has 1 saturated heterocycles. The Morgan fingerprint density at radius 3 is 2.96 bits per heavy atom. The molecule has 6 nitrogen and oxygen atoms in total. The molecule has 1 aromatic carbocycles. The van der Waals surface area contributed by atoms with E-state index in [0.717, 1.165) is 43.3 Å². The minimum atomic E-state index is -0.319. The summed E-state index contributed by atoms with van der Waals surface area (Å²) in [5, 5.41) is 11.3. The van der Waals surface area contributed by atoms with E-state index in [2.05, 4.69) is 16.8 Å². The van der Waals surface area contributed by atoms with Gasteiger partial charge < -0.3 is 19.6 Å². The van der Waals surface area contributed by atoms with Gasteiger partial charge in [0.15, 0.2) is 0 Å². The van der Waals surface area contributed by atoms with Crippen molar-refractivity contribution in [1.29, 1.82) is 0 Å². The van der Waals surface area contributed by atoms with E-state index in [9.17, 15) is 9.90 Å². The van der Waals surface area contributed by atoms with Gasteiger partial charge in [-0.3, -0.25) is 9.69 Å². The lowest BCUT2D eigenvalue weighted by Crippen LogP contribution is -2.46. The van der Waals surface area contributed by atoms with E-state index in [-0.39, 0.29) is 17.9 Å². The third kappa shape index (κ3) is 3.15. The molecule has 0 radical (unpaired) electrons. The molecule has 4 rings (SSSR count). The van der Waals surface area contributed by atoms with Crippen LogP contribution >= 0.6 is 0 Å². The number of nitrogens with one attached hydrogen (secondary N) is 1. The maximum Gasteiger partial charge on any atom is 0.307 e. The quantitative estimate of drug-likeness (QED) is 0.618. The number of allylic oxidation sites excluding steroid dienone is 1. The molecule has 28 heavy (non-hydrogen) atoms. The first-order valence-electron chi connectivity index (χ1n) is 10.0. The van der Waals surface area contributed by atoms with Crippen molar-refractivity contribution in [2.75, 3.05) is 20.2 Å². The fourth-order valence-corrected chi connectivity index (χ4v) is 5.03. The minimum Gasteiger partial charge on any atom is -0.507 e. The number of aromatic amines is 1. The highest BCUT2D eigenvalue weighted by molar-refractivity contribution is 5.90. The van der Waals surface area contributed by atoms with Crippen molar-refractivity contribution in [3.63, 3.8) is 0 Å². The number of phenols is 1. The Bertz CT molecular complexity index is 917. The van der Waals surface area contributed by atoms with Gasteiger partial charge in [-0.2, -0.15) is 0 Å². The number of esters is 1. The summed E-state index contributed by atoms with van der Waals surface area (Å²) >= 11 is 0. The fraction of sp³-hybridized carbons (Fsp3) is 0.500. The number of rotatable bonds is 4. The fourth-order valence-electron chi connectivity index (χ4n) is 5.03. The van der Waals surface area contributed by atoms with Crippen LogP contribution in [0.25, 0.3) is 10.9 Å². The molecule has 6 heteroatoms. The molecular weight excluding hydrogens is 356 g/mol. The van der Waals surface area contributed by atoms with E-state index in [0.29, 0.717) is 17.4 Å². The van der Waals surface area contributed by atoms with Crippen LogP contribution in [0.5, 0.6) is 5.75 Å². The predicted molar refractivity (Wildman–Crippen MR) is 107 cm³/mol. The average Bonchev–Trinajstić information content (AvgIpc) is 3.06. The lowest BCUT2D eigenvalue weighted by atomic mass is 9.76. The number of carbonyl (C=O) groups excluding carboxylic acids is 1. The van der Waals surface area contributed by atoms with Gasteiger partial charge in [0.25, 0.3) is 0 Å². The second-order valence-electron chi connectivity index (χ2n) is 7.84. The predicted octanol–water partition coefficient (Wildman–Crippen LogP) is 3.87. The second-order valence-corrected chi connectivity index (χ2v) is 7.84. The van der Waals surface area contributed by atoms with Gasteiger partial charge in [0.05, 0.1) is 13.2 Å². The molecule has 3 unspecified atom stereocenters. The van der Waals surface area contributed by atoms with Crippen molar-refractivity contribution in [3.05, 3.63) is 41.5 Å². The number of hydrogen-bond acceptors (Lipinski definition) is 5. The van der Waals surface area contributed by atoms with Gasteiger partial charge in [0, 0.05) is 42.5 Å². The number of aromatic hydroxyl groups is 1. The van der Waals surface area contributed by atoms with Gasteiger partial charge in [-0.15, -0.1) is 0 Å². The van der Waals surface area contributed by atoms with Crippen molar-refractivity contribution in [3.8, 4) is 5.75 Å². The number of aromatic nitrogens is 1. The average molecular weight is 384 g/mol. The van der Waals surface area contributed by atoms with Gasteiger partial charge in [-0.05, 0) is 36.5 Å². The zero-order chi connectivity index (χ0) is 19.8. The zero-order valence-corrected chi connectivity index (χ0v) is 16.7. The normalized spacial score (nSPS) is 25.2. The Hall–Kier alpha value is -2.47. The summed E-state index contributed by atoms with van der Waals surface area (Å²) in [7, 11) is 1.58. The molecular formula is C22H28N2O4. The van der Waals surface area contributed by atoms with Crippen molar-refractivity contribution in [1.82, 2.24) is 9.88 Å². The highest BCUT2D eigenvalue weighted by atomic mass is 16.5. The van der Waals surface area contributed by atoms with E-state index >= 15 is 0 Å². The van der Waals surface area contributed by atoms with E-state index < -0.39 is 0 Å². The van der Waals surface area contributed by atoms with Crippen LogP contribution in [-0.4, -0.2) is 41.2 Å². The Balaban J connectivity index is 1.73. The van der Waals surface area contributed by atoms with Crippen LogP contribution in [0.2, 0.25) is 0 Å². The van der Waals surface area contributed by atoms with Crippen molar-refractivity contribution in [2.45, 2.75) is 39.2 Å². The van der Waals surface area contributed by atoms with Gasteiger partial charge in [-0.25, -0.2) is 0 Å². The number of methoxy groups -OCH3 is 1. The smallest absolute Gasteiger partial charge is 0.307 e. The molecule has 3 atom stereocenters. The van der Waals surface area contributed by atoms with Gasteiger partial charge >= 0.3 is 5.97 Å². The lowest BCUT2D eigenvalue weighted by molar-refractivity contribution is -0.138. The molecule has 2 aliphatic heterocycles. The van der Waals surface area contributed by atoms with Crippen molar-refractivity contribution in [2.24, 2.45) is 11.8 Å². The molecule has 0 saturated carbocycles. The summed E-state index contributed by atoms with van der Waals surface area (Å²) in [6, 6.07) is 5.84. The van der Waals surface area contributed by atoms with Crippen LogP contribution in [0.1, 0.15) is 44.0 Å². The SMILES string of the molecule is CCC1CN2CCc3c([nH]c4cccc(O)c34)C2CC1C(=COC)OC(C)=O. The van der Waals surface area contributed by atoms with Crippen LogP contribution in [0, 0.1) is 11.8 Å². The first-order chi connectivity index (χ1) is 13.5. The number of phenolic OH excluding ortho intramolecular Hbond substituents is 1. The highest BCUT2D eigenvalue weighted by Crippen LogP contribution is 2.46. The van der Waals surface area contributed by atoms with E-state index in [1.807, 2.05) is 12.1 Å². The molecule has 2 N–H and O–H groups in total. The first-order valence-corrected chi connectivity index (χ1v) is 10.0. The van der Waals surface area contributed by atoms with Crippen molar-refractivity contribution >= 4 is 16.9 Å². The molecule has 150 valence electrons. The first kappa shape index (κ1) is 18.9. The van der Waals surface area contributed by atoms with Gasteiger partial charge in [0.2, 0.25) is 0 Å². The number of nitrogens with zero attached hydrogens (tertiary/aromatic N) is 1. The zero-order valence-electron chi connectivity index (χ0n) is 16.7. The van der Waals surface area contributed by atoms with Crippen LogP contribution < -0.4 is 0 Å². The Labute approximate surface area is 165 Å². The Kier molecular flexibility index (Phi) is 5.06. The lowest BCUT2D eigenvalue weighted by Gasteiger charge is -2.46. The third-order valence-electron chi connectivity index (χ3n) is 6.26. The number of fused-ring (bicyclic) bond motifs is 5. The molecule has 2 aliphatic rings. The number of benzene rings is 1. The summed E-state index contributed by atoms with van der Waals surface area (Å²) in [6.45, 7) is 5.54. The van der Waals surface area contributed by atoms with E-state index in [4.69, 9.17) is 9.47 Å². The number of carbonyl (C=O) groups is 1. The molecule has 1 fully saturated rings. The van der Waals surface area contributed by atoms with Crippen LogP contribution in [0.4, 0.5) is 0 Å². The minimum absolute atomic E-state index is 0.112. The number of ether oxygens (including phenoxy) is 2. The number of hydrogen-bond donors (Lipinski definition) is 2. The van der Waals surface area contributed by atoms with E-state index in [1.165, 1.54) is 18.2 Å². The third-order valence-corrected chi connectivity index (χ3v) is 6.26. The summed E-state index contributed by atoms with van der Waals surface area (Å²) in [6.07, 6.45) is 4.36. The highest BCUT2D eigenvalue weighted by Gasteiger charge is 2.42. The van der Waals surface area contributed by atoms with Crippen molar-refractivity contribution < 1.29 is 19.4 Å². The van der Waals surface area contributed by atoms with Crippen LogP contribution in [0.15, 0.2) is 30.2 Å². The second kappa shape index (κ2) is 7.51. The summed E-state index contributed by atoms with van der Waals surface area (Å²) in [5.41, 5.74) is 3.38. The van der Waals surface area contributed by atoms with Crippen LogP contribution in [0.3, 0.4) is 0 Å². The monoisotopic (exact) mass is 384 g/mol. The Morgan fingerprint density at radius 1 is 1.43 bits per heavy atom. The Morgan fingerprint density at radius 2 is 2.25 bits per heavy atom. The molecule has 3 heterocycles. The molecule has 2 aromatic rings. The molecule has 0 aliphatic carbocycles. The maximum atomic E-state index is 11.6. The number of piperidine rings is 1. The molecule has 0 bridgehead atoms. The van der Waals surface area contributed by atoms with E-state index in [1.54, 1.807) is 19.4 Å². The summed E-state index contributed by atoms with van der Waals surface area (Å²) < 4.78 is 10.8. The van der Waals surface area contributed by atoms with Gasteiger partial charge in [0.1, 0.15) is 17.8 Å². The largest absolute Gasteiger partial charge is 0.507 e. The van der Waals surface area contributed by atoms with Crippen LogP contribution in [-0.2, 0) is 20.7 Å². The molecule has 0 amide bonds. The van der Waals surface area contributed by atoms with Gasteiger partial charge in [-0.1, -0.05) is 19.4 Å². The summed E-state index contributed by atoms with van der Waals surface area (Å²) in [4.78, 5) is 17.7. The maximum absolute atomic E-state index is 11.6. The standard InChI is InChI=1S/C22H28N2O4/c1-4-14-11-24-9-8-15-21-17(6-5-7-19(21)26)23-22(15)18(24)10-16(14)20(12-27-3)28-13(2)25/h5-7,12,14,16,18,23,26H,4,8-11H2,1-3H3. The summed E-state index contributed by atoms with van der Waals surface area (Å²) in [5.74, 6) is 1.15. The molecule has 1 aromatic heterocycles.